The van der Waals surface area contributed by atoms with E-state index >= 15 is 0 Å². The van der Waals surface area contributed by atoms with Crippen molar-refractivity contribution in [2.45, 2.75) is 19.7 Å². The number of benzene rings is 1. The number of aliphatic imine (C=N–C) groups is 1. The minimum absolute atomic E-state index is 0.289. The Morgan fingerprint density at radius 3 is 2.35 bits per heavy atom. The summed E-state index contributed by atoms with van der Waals surface area (Å²) in [4.78, 5) is 3.38. The minimum Gasteiger partial charge on any atom is -0.403 e. The largest absolute Gasteiger partial charge is 0.573 e. The molecule has 0 saturated heterocycles. The Balaban J connectivity index is 3.04. The van der Waals surface area contributed by atoms with Crippen LogP contribution in [0.5, 0.6) is 5.75 Å². The average Bonchev–Trinajstić information content (AvgIpc) is 2.18. The molecule has 2 nitrogen and oxygen atoms in total. The molecule has 1 aromatic rings. The molecule has 17 heavy (non-hydrogen) atoms. The topological polar surface area (TPSA) is 21.6 Å². The van der Waals surface area contributed by atoms with E-state index in [1.54, 1.807) is 0 Å². The molecular weight excluding hydrogens is 245 g/mol. The van der Waals surface area contributed by atoms with Gasteiger partial charge in [-0.2, -0.15) is 0 Å². The maximum absolute atomic E-state index is 12.2. The van der Waals surface area contributed by atoms with Crippen LogP contribution in [0.4, 0.5) is 27.6 Å². The van der Waals surface area contributed by atoms with E-state index in [1.807, 2.05) is 0 Å². The Labute approximate surface area is 93.7 Å². The SMILES string of the molecule is CC(=Nc1ccccc1OC(F)(F)F)C(F)F. The van der Waals surface area contributed by atoms with E-state index in [1.165, 1.54) is 12.1 Å². The quantitative estimate of drug-likeness (QED) is 0.590. The van der Waals surface area contributed by atoms with Gasteiger partial charge in [-0.05, 0) is 19.1 Å². The Morgan fingerprint density at radius 1 is 1.24 bits per heavy atom. The molecule has 0 fully saturated rings. The number of hydrogen-bond donors (Lipinski definition) is 0. The fraction of sp³-hybridized carbons (Fsp3) is 0.300. The summed E-state index contributed by atoms with van der Waals surface area (Å²) in [5.41, 5.74) is -0.870. The van der Waals surface area contributed by atoms with Crippen molar-refractivity contribution in [2.24, 2.45) is 4.99 Å². The molecule has 0 saturated carbocycles. The summed E-state index contributed by atoms with van der Waals surface area (Å²) in [7, 11) is 0. The van der Waals surface area contributed by atoms with Gasteiger partial charge in [0, 0.05) is 0 Å². The van der Waals surface area contributed by atoms with Crippen LogP contribution in [0.15, 0.2) is 29.3 Å². The first kappa shape index (κ1) is 13.4. The zero-order valence-electron chi connectivity index (χ0n) is 8.63. The lowest BCUT2D eigenvalue weighted by molar-refractivity contribution is -0.274. The highest BCUT2D eigenvalue weighted by Gasteiger charge is 2.32. The van der Waals surface area contributed by atoms with Crippen LogP contribution in [0.2, 0.25) is 0 Å². The van der Waals surface area contributed by atoms with Gasteiger partial charge in [0.05, 0.1) is 5.71 Å². The van der Waals surface area contributed by atoms with Gasteiger partial charge in [-0.15, -0.1) is 13.2 Å². The molecule has 1 rings (SSSR count). The van der Waals surface area contributed by atoms with Gasteiger partial charge in [-0.1, -0.05) is 12.1 Å². The predicted octanol–water partition coefficient (Wildman–Crippen LogP) is 3.94. The molecule has 0 aliphatic carbocycles. The smallest absolute Gasteiger partial charge is 0.403 e. The van der Waals surface area contributed by atoms with Gasteiger partial charge in [-0.3, -0.25) is 0 Å². The van der Waals surface area contributed by atoms with Crippen molar-refractivity contribution in [3.8, 4) is 5.75 Å². The summed E-state index contributed by atoms with van der Waals surface area (Å²) in [5.74, 6) is -0.611. The molecule has 0 aromatic heterocycles. The van der Waals surface area contributed by atoms with Crippen LogP contribution >= 0.6 is 0 Å². The third-order valence-corrected chi connectivity index (χ3v) is 1.70. The summed E-state index contributed by atoms with van der Waals surface area (Å²) < 4.78 is 64.0. The second kappa shape index (κ2) is 5.11. The second-order valence-electron chi connectivity index (χ2n) is 3.07. The van der Waals surface area contributed by atoms with Crippen LogP contribution in [0.1, 0.15) is 6.92 Å². The number of ether oxygens (including phenoxy) is 1. The van der Waals surface area contributed by atoms with Crippen molar-refractivity contribution >= 4 is 11.4 Å². The van der Waals surface area contributed by atoms with E-state index in [0.717, 1.165) is 19.1 Å². The summed E-state index contributed by atoms with van der Waals surface area (Å²) in [6.07, 6.45) is -7.71. The zero-order valence-corrected chi connectivity index (χ0v) is 8.63. The van der Waals surface area contributed by atoms with Crippen molar-refractivity contribution < 1.29 is 26.7 Å². The number of rotatable bonds is 3. The van der Waals surface area contributed by atoms with Crippen LogP contribution in [0, 0.1) is 0 Å². The molecule has 0 radical (unpaired) electrons. The Bertz CT molecular complexity index is 413. The van der Waals surface area contributed by atoms with Crippen LogP contribution in [-0.2, 0) is 0 Å². The van der Waals surface area contributed by atoms with Gasteiger partial charge in [0.2, 0.25) is 0 Å². The number of para-hydroxylation sites is 2. The zero-order chi connectivity index (χ0) is 13.1. The maximum atomic E-state index is 12.2. The van der Waals surface area contributed by atoms with Gasteiger partial charge in [0.15, 0.2) is 5.75 Å². The number of hydrogen-bond acceptors (Lipinski definition) is 2. The highest BCUT2D eigenvalue weighted by molar-refractivity contribution is 5.88. The average molecular weight is 253 g/mol. The Hall–Kier alpha value is -1.66. The van der Waals surface area contributed by atoms with Crippen LogP contribution in [0.25, 0.3) is 0 Å². The molecule has 0 aliphatic rings. The molecule has 7 heteroatoms. The third-order valence-electron chi connectivity index (χ3n) is 1.70. The van der Waals surface area contributed by atoms with E-state index in [-0.39, 0.29) is 5.69 Å². The van der Waals surface area contributed by atoms with Crippen LogP contribution in [0.3, 0.4) is 0 Å². The standard InChI is InChI=1S/C10H8F5NO/c1-6(9(11)12)16-7-4-2-3-5-8(7)17-10(13,14)15/h2-5,9H,1H3. The highest BCUT2D eigenvalue weighted by Crippen LogP contribution is 2.32. The van der Waals surface area contributed by atoms with Gasteiger partial charge in [0.1, 0.15) is 5.69 Å². The maximum Gasteiger partial charge on any atom is 0.573 e. The van der Waals surface area contributed by atoms with E-state index < -0.39 is 24.2 Å². The first-order valence-electron chi connectivity index (χ1n) is 4.47. The number of nitrogens with zero attached hydrogens (tertiary/aromatic N) is 1. The summed E-state index contributed by atoms with van der Waals surface area (Å²) in [6, 6.07) is 4.83. The third kappa shape index (κ3) is 4.38. The van der Waals surface area contributed by atoms with E-state index in [4.69, 9.17) is 0 Å². The summed E-state index contributed by atoms with van der Waals surface area (Å²) in [6.45, 7) is 1.02. The molecule has 0 unspecified atom stereocenters. The van der Waals surface area contributed by atoms with Gasteiger partial charge < -0.3 is 4.74 Å². The molecule has 0 heterocycles. The normalized spacial score (nSPS) is 13.0. The van der Waals surface area contributed by atoms with E-state index in [9.17, 15) is 22.0 Å². The van der Waals surface area contributed by atoms with Gasteiger partial charge >= 0.3 is 6.36 Å². The van der Waals surface area contributed by atoms with Gasteiger partial charge in [0.25, 0.3) is 6.43 Å². The Kier molecular flexibility index (Phi) is 4.03. The molecule has 0 N–H and O–H groups in total. The fourth-order valence-electron chi connectivity index (χ4n) is 0.999. The lowest BCUT2D eigenvalue weighted by atomic mass is 10.3. The number of alkyl halides is 5. The number of halogens is 5. The van der Waals surface area contributed by atoms with E-state index in [2.05, 4.69) is 9.73 Å². The molecule has 0 amide bonds. The predicted molar refractivity (Wildman–Crippen MR) is 51.9 cm³/mol. The van der Waals surface area contributed by atoms with Crippen molar-refractivity contribution in [1.82, 2.24) is 0 Å². The van der Waals surface area contributed by atoms with Crippen LogP contribution in [-0.4, -0.2) is 18.5 Å². The first-order valence-corrected chi connectivity index (χ1v) is 4.47. The monoisotopic (exact) mass is 253 g/mol. The molecule has 0 aliphatic heterocycles. The van der Waals surface area contributed by atoms with Crippen molar-refractivity contribution in [3.63, 3.8) is 0 Å². The summed E-state index contributed by atoms with van der Waals surface area (Å²) >= 11 is 0. The van der Waals surface area contributed by atoms with E-state index in [0.29, 0.717) is 0 Å². The molecule has 1 aromatic carbocycles. The van der Waals surface area contributed by atoms with Crippen molar-refractivity contribution in [1.29, 1.82) is 0 Å². The Morgan fingerprint density at radius 2 is 1.82 bits per heavy atom. The fourth-order valence-corrected chi connectivity index (χ4v) is 0.999. The first-order chi connectivity index (χ1) is 7.79. The van der Waals surface area contributed by atoms with Crippen molar-refractivity contribution in [3.05, 3.63) is 24.3 Å². The highest BCUT2D eigenvalue weighted by atomic mass is 19.4. The van der Waals surface area contributed by atoms with Crippen LogP contribution < -0.4 is 4.74 Å². The van der Waals surface area contributed by atoms with Crippen molar-refractivity contribution in [2.75, 3.05) is 0 Å². The molecule has 0 bridgehead atoms. The lowest BCUT2D eigenvalue weighted by Gasteiger charge is -2.11. The second-order valence-corrected chi connectivity index (χ2v) is 3.07. The summed E-state index contributed by atoms with van der Waals surface area (Å²) in [5, 5.41) is 0. The molecule has 0 atom stereocenters. The molecular formula is C10H8F5NO. The minimum atomic E-state index is -4.88. The molecule has 94 valence electrons. The molecule has 0 spiro atoms. The lowest BCUT2D eigenvalue weighted by Crippen LogP contribution is -2.17. The van der Waals surface area contributed by atoms with Gasteiger partial charge in [-0.25, -0.2) is 13.8 Å².